The Kier molecular flexibility index (Phi) is 1.76. The summed E-state index contributed by atoms with van der Waals surface area (Å²) >= 11 is 5.50. The molecule has 2 rings (SSSR count). The molecule has 3 unspecified atom stereocenters. The van der Waals surface area contributed by atoms with Crippen molar-refractivity contribution in [1.82, 2.24) is 0 Å². The molecule has 11 heavy (non-hydrogen) atoms. The van der Waals surface area contributed by atoms with E-state index < -0.39 is 0 Å². The van der Waals surface area contributed by atoms with Crippen LogP contribution in [0.25, 0.3) is 0 Å². The van der Waals surface area contributed by atoms with Crippen molar-refractivity contribution in [3.63, 3.8) is 0 Å². The summed E-state index contributed by atoms with van der Waals surface area (Å²) in [7, 11) is 0. The molecule has 1 saturated carbocycles. The number of carbonyl (C=O) groups excluding carboxylic acids is 1. The molecule has 0 radical (unpaired) electrons. The number of ketones is 1. The lowest BCUT2D eigenvalue weighted by Gasteiger charge is -2.14. The number of carbonyl (C=O) groups is 1. The van der Waals surface area contributed by atoms with Crippen LogP contribution in [0.3, 0.4) is 0 Å². The summed E-state index contributed by atoms with van der Waals surface area (Å²) in [6.45, 7) is 0. The van der Waals surface area contributed by atoms with Gasteiger partial charge in [0.25, 0.3) is 0 Å². The van der Waals surface area contributed by atoms with E-state index in [9.17, 15) is 4.79 Å². The Balaban J connectivity index is 2.08. The van der Waals surface area contributed by atoms with Gasteiger partial charge >= 0.3 is 0 Å². The van der Waals surface area contributed by atoms with Gasteiger partial charge in [0.1, 0.15) is 0 Å². The quantitative estimate of drug-likeness (QED) is 0.458. The second-order valence-electron chi connectivity index (χ2n) is 3.49. The fourth-order valence-electron chi connectivity index (χ4n) is 2.25. The minimum atomic E-state index is 0.196. The molecular formula is C9H11ClO. The van der Waals surface area contributed by atoms with Gasteiger partial charge in [0.05, 0.1) is 5.88 Å². The molecule has 0 aromatic rings. The van der Waals surface area contributed by atoms with Gasteiger partial charge in [0, 0.05) is 5.92 Å². The Bertz CT molecular complexity index is 210. The van der Waals surface area contributed by atoms with Crippen molar-refractivity contribution in [2.45, 2.75) is 12.8 Å². The molecular weight excluding hydrogens is 160 g/mol. The standard InChI is InChI=1S/C9H11ClO/c10-5-9(11)8-4-6-1-2-7(8)3-6/h1-2,6-8H,3-5H2. The third kappa shape index (κ3) is 1.12. The number of Topliss-reactive ketones (excluding diaryl/α,β-unsaturated/α-hetero) is 1. The fraction of sp³-hybridized carbons (Fsp3) is 0.667. The van der Waals surface area contributed by atoms with Gasteiger partial charge in [-0.25, -0.2) is 0 Å². The van der Waals surface area contributed by atoms with Gasteiger partial charge in [-0.05, 0) is 24.7 Å². The molecule has 2 bridgehead atoms. The third-order valence-electron chi connectivity index (χ3n) is 2.82. The molecule has 1 nitrogen and oxygen atoms in total. The van der Waals surface area contributed by atoms with Gasteiger partial charge < -0.3 is 0 Å². The van der Waals surface area contributed by atoms with Gasteiger partial charge in [-0.1, -0.05) is 12.2 Å². The molecule has 0 amide bonds. The number of hydrogen-bond donors (Lipinski definition) is 0. The summed E-state index contributed by atoms with van der Waals surface area (Å²) in [6.07, 6.45) is 6.66. The maximum absolute atomic E-state index is 11.2. The van der Waals surface area contributed by atoms with E-state index in [1.54, 1.807) is 0 Å². The highest BCUT2D eigenvalue weighted by atomic mass is 35.5. The maximum Gasteiger partial charge on any atom is 0.151 e. The van der Waals surface area contributed by atoms with Crippen molar-refractivity contribution in [3.05, 3.63) is 12.2 Å². The predicted octanol–water partition coefficient (Wildman–Crippen LogP) is 2.01. The van der Waals surface area contributed by atoms with Crippen LogP contribution in [-0.4, -0.2) is 11.7 Å². The molecule has 0 spiro atoms. The zero-order chi connectivity index (χ0) is 7.84. The monoisotopic (exact) mass is 170 g/mol. The number of halogens is 1. The Labute approximate surface area is 71.4 Å². The normalized spacial score (nSPS) is 39.9. The molecule has 0 heterocycles. The maximum atomic E-state index is 11.2. The van der Waals surface area contributed by atoms with Crippen molar-refractivity contribution in [2.24, 2.45) is 17.8 Å². The lowest BCUT2D eigenvalue weighted by molar-refractivity contribution is -0.121. The molecule has 0 N–H and O–H groups in total. The average Bonchev–Trinajstić information content (AvgIpc) is 2.62. The number of fused-ring (bicyclic) bond motifs is 2. The van der Waals surface area contributed by atoms with E-state index in [4.69, 9.17) is 11.6 Å². The Morgan fingerprint density at radius 1 is 1.45 bits per heavy atom. The largest absolute Gasteiger partial charge is 0.298 e. The van der Waals surface area contributed by atoms with E-state index in [0.717, 1.165) is 6.42 Å². The van der Waals surface area contributed by atoms with E-state index in [1.807, 2.05) is 0 Å². The van der Waals surface area contributed by atoms with E-state index in [0.29, 0.717) is 11.8 Å². The van der Waals surface area contributed by atoms with Crippen LogP contribution in [0.2, 0.25) is 0 Å². The fourth-order valence-corrected chi connectivity index (χ4v) is 2.45. The number of alkyl halides is 1. The van der Waals surface area contributed by atoms with Crippen molar-refractivity contribution in [2.75, 3.05) is 5.88 Å². The van der Waals surface area contributed by atoms with Gasteiger partial charge in [-0.3, -0.25) is 4.79 Å². The first kappa shape index (κ1) is 7.35. The summed E-state index contributed by atoms with van der Waals surface area (Å²) in [4.78, 5) is 11.2. The predicted molar refractivity (Wildman–Crippen MR) is 44.6 cm³/mol. The van der Waals surface area contributed by atoms with Crippen LogP contribution in [-0.2, 0) is 4.79 Å². The van der Waals surface area contributed by atoms with E-state index in [2.05, 4.69) is 12.2 Å². The first-order valence-electron chi connectivity index (χ1n) is 4.08. The van der Waals surface area contributed by atoms with Gasteiger partial charge in [-0.2, -0.15) is 0 Å². The first-order chi connectivity index (χ1) is 5.31. The lowest BCUT2D eigenvalue weighted by Crippen LogP contribution is -2.19. The van der Waals surface area contributed by atoms with Crippen molar-refractivity contribution in [1.29, 1.82) is 0 Å². The van der Waals surface area contributed by atoms with Crippen LogP contribution in [0, 0.1) is 17.8 Å². The van der Waals surface area contributed by atoms with Crippen LogP contribution in [0.15, 0.2) is 12.2 Å². The van der Waals surface area contributed by atoms with Crippen LogP contribution in [0.4, 0.5) is 0 Å². The lowest BCUT2D eigenvalue weighted by atomic mass is 9.90. The third-order valence-corrected chi connectivity index (χ3v) is 3.09. The summed E-state index contributed by atoms with van der Waals surface area (Å²) in [5, 5.41) is 0. The summed E-state index contributed by atoms with van der Waals surface area (Å²) in [5.41, 5.74) is 0. The van der Waals surface area contributed by atoms with Gasteiger partial charge in [0.2, 0.25) is 0 Å². The minimum absolute atomic E-state index is 0.196. The van der Waals surface area contributed by atoms with Crippen molar-refractivity contribution >= 4 is 17.4 Å². The molecule has 0 aliphatic heterocycles. The first-order valence-corrected chi connectivity index (χ1v) is 4.61. The zero-order valence-electron chi connectivity index (χ0n) is 6.29. The minimum Gasteiger partial charge on any atom is -0.298 e. The van der Waals surface area contributed by atoms with Crippen molar-refractivity contribution in [3.8, 4) is 0 Å². The van der Waals surface area contributed by atoms with Gasteiger partial charge in [-0.15, -0.1) is 11.6 Å². The number of rotatable bonds is 2. The van der Waals surface area contributed by atoms with E-state index in [1.165, 1.54) is 6.42 Å². The summed E-state index contributed by atoms with van der Waals surface area (Å²) < 4.78 is 0. The van der Waals surface area contributed by atoms with Crippen LogP contribution >= 0.6 is 11.6 Å². The van der Waals surface area contributed by atoms with Gasteiger partial charge in [0.15, 0.2) is 5.78 Å². The van der Waals surface area contributed by atoms with Crippen LogP contribution in [0.5, 0.6) is 0 Å². The number of allylic oxidation sites excluding steroid dienone is 2. The molecule has 2 heteroatoms. The molecule has 0 aromatic carbocycles. The van der Waals surface area contributed by atoms with E-state index in [-0.39, 0.29) is 17.6 Å². The Morgan fingerprint density at radius 2 is 2.27 bits per heavy atom. The molecule has 60 valence electrons. The molecule has 1 fully saturated rings. The second-order valence-corrected chi connectivity index (χ2v) is 3.75. The second kappa shape index (κ2) is 2.63. The topological polar surface area (TPSA) is 17.1 Å². The smallest absolute Gasteiger partial charge is 0.151 e. The van der Waals surface area contributed by atoms with Crippen molar-refractivity contribution < 1.29 is 4.79 Å². The molecule has 0 aromatic heterocycles. The Morgan fingerprint density at radius 3 is 2.73 bits per heavy atom. The van der Waals surface area contributed by atoms with Crippen LogP contribution in [0.1, 0.15) is 12.8 Å². The van der Waals surface area contributed by atoms with E-state index >= 15 is 0 Å². The molecule has 2 aliphatic rings. The molecule has 0 saturated heterocycles. The number of hydrogen-bond acceptors (Lipinski definition) is 1. The summed E-state index contributed by atoms with van der Waals surface area (Å²) in [5.74, 6) is 1.89. The van der Waals surface area contributed by atoms with Crippen LogP contribution < -0.4 is 0 Å². The SMILES string of the molecule is O=C(CCl)C1CC2C=CC1C2. The highest BCUT2D eigenvalue weighted by molar-refractivity contribution is 6.28. The highest BCUT2D eigenvalue weighted by Crippen LogP contribution is 2.43. The average molecular weight is 171 g/mol. The Hall–Kier alpha value is -0.300. The highest BCUT2D eigenvalue weighted by Gasteiger charge is 2.38. The summed E-state index contributed by atoms with van der Waals surface area (Å²) in [6, 6.07) is 0. The molecule has 3 atom stereocenters. The molecule has 2 aliphatic carbocycles. The zero-order valence-corrected chi connectivity index (χ0v) is 7.05.